The number of hydrogen-bond donors (Lipinski definition) is 2. The molecule has 0 aliphatic carbocycles. The fraction of sp³-hybridized carbons (Fsp3) is 0.400. The second-order valence-corrected chi connectivity index (χ2v) is 4.66. The molecule has 3 heteroatoms. The number of phenolic OH excluding ortho intramolecular Hbond substituents is 1. The summed E-state index contributed by atoms with van der Waals surface area (Å²) in [5, 5.41) is 9.79. The lowest BCUT2D eigenvalue weighted by molar-refractivity contribution is 0.436. The second-order valence-electron chi connectivity index (χ2n) is 3.81. The Morgan fingerprint density at radius 2 is 1.92 bits per heavy atom. The van der Waals surface area contributed by atoms with Crippen molar-refractivity contribution in [3.63, 3.8) is 0 Å². The number of hydrogen-bond acceptors (Lipinski definition) is 2. The van der Waals surface area contributed by atoms with Gasteiger partial charge >= 0.3 is 0 Å². The van der Waals surface area contributed by atoms with Crippen LogP contribution in [0.1, 0.15) is 25.0 Å². The molecule has 2 nitrogen and oxygen atoms in total. The van der Waals surface area contributed by atoms with Crippen LogP contribution in [0.25, 0.3) is 0 Å². The lowest BCUT2D eigenvalue weighted by atomic mass is 9.91. The quantitative estimate of drug-likeness (QED) is 0.797. The van der Waals surface area contributed by atoms with Crippen molar-refractivity contribution in [2.24, 2.45) is 5.73 Å². The predicted octanol–water partition coefficient (Wildman–Crippen LogP) is 2.66. The third-order valence-electron chi connectivity index (χ3n) is 1.98. The van der Waals surface area contributed by atoms with Gasteiger partial charge in [0.25, 0.3) is 0 Å². The van der Waals surface area contributed by atoms with Crippen LogP contribution in [0.4, 0.5) is 0 Å². The topological polar surface area (TPSA) is 46.2 Å². The van der Waals surface area contributed by atoms with Crippen molar-refractivity contribution in [2.45, 2.75) is 26.3 Å². The first-order valence-electron chi connectivity index (χ1n) is 4.11. The van der Waals surface area contributed by atoms with Gasteiger partial charge in [0.15, 0.2) is 0 Å². The van der Waals surface area contributed by atoms with E-state index in [0.717, 1.165) is 11.1 Å². The molecule has 0 amide bonds. The fourth-order valence-electron chi connectivity index (χ4n) is 1.48. The highest BCUT2D eigenvalue weighted by Crippen LogP contribution is 2.35. The molecule has 0 spiro atoms. The van der Waals surface area contributed by atoms with Gasteiger partial charge in [-0.2, -0.15) is 0 Å². The lowest BCUT2D eigenvalue weighted by Crippen LogP contribution is -2.29. The summed E-state index contributed by atoms with van der Waals surface area (Å²) in [4.78, 5) is 0. The smallest absolute Gasteiger partial charge is 0.135 e. The van der Waals surface area contributed by atoms with Crippen molar-refractivity contribution in [3.8, 4) is 5.75 Å². The van der Waals surface area contributed by atoms with Crippen LogP contribution in [0, 0.1) is 6.92 Å². The number of nitrogens with two attached hydrogens (primary N) is 1. The van der Waals surface area contributed by atoms with Gasteiger partial charge in [0.2, 0.25) is 0 Å². The standard InChI is InChI=1S/C10H14BrNO/c1-6-4-5-7(11)9(13)8(6)10(2,3)12/h4-5,13H,12H2,1-3H3. The normalized spacial score (nSPS) is 11.8. The van der Waals surface area contributed by atoms with Crippen molar-refractivity contribution < 1.29 is 5.11 Å². The maximum Gasteiger partial charge on any atom is 0.135 e. The molecule has 0 unspecified atom stereocenters. The Balaban J connectivity index is 3.43. The number of aryl methyl sites for hydroxylation is 1. The summed E-state index contributed by atoms with van der Waals surface area (Å²) in [6.07, 6.45) is 0. The molecule has 1 rings (SSSR count). The highest BCUT2D eigenvalue weighted by Gasteiger charge is 2.22. The number of aromatic hydroxyl groups is 1. The van der Waals surface area contributed by atoms with Crippen molar-refractivity contribution in [1.82, 2.24) is 0 Å². The van der Waals surface area contributed by atoms with Crippen LogP contribution in [0.15, 0.2) is 16.6 Å². The van der Waals surface area contributed by atoms with Crippen molar-refractivity contribution in [2.75, 3.05) is 0 Å². The Hall–Kier alpha value is -0.540. The van der Waals surface area contributed by atoms with E-state index >= 15 is 0 Å². The van der Waals surface area contributed by atoms with Gasteiger partial charge in [0.05, 0.1) is 4.47 Å². The minimum atomic E-state index is -0.516. The Morgan fingerprint density at radius 3 is 2.31 bits per heavy atom. The molecule has 13 heavy (non-hydrogen) atoms. The number of rotatable bonds is 1. The monoisotopic (exact) mass is 243 g/mol. The van der Waals surface area contributed by atoms with Crippen LogP contribution in [-0.4, -0.2) is 5.11 Å². The average Bonchev–Trinajstić information content (AvgIpc) is 1.95. The highest BCUT2D eigenvalue weighted by molar-refractivity contribution is 9.10. The van der Waals surface area contributed by atoms with E-state index in [9.17, 15) is 5.11 Å². The zero-order chi connectivity index (χ0) is 10.2. The van der Waals surface area contributed by atoms with E-state index in [2.05, 4.69) is 15.9 Å². The summed E-state index contributed by atoms with van der Waals surface area (Å²) in [5.41, 5.74) is 7.23. The van der Waals surface area contributed by atoms with Gasteiger partial charge in [0.1, 0.15) is 5.75 Å². The maximum absolute atomic E-state index is 9.79. The van der Waals surface area contributed by atoms with Crippen molar-refractivity contribution in [1.29, 1.82) is 0 Å². The lowest BCUT2D eigenvalue weighted by Gasteiger charge is -2.23. The molecule has 72 valence electrons. The molecule has 0 radical (unpaired) electrons. The van der Waals surface area contributed by atoms with E-state index in [0.29, 0.717) is 4.47 Å². The van der Waals surface area contributed by atoms with Gasteiger partial charge in [-0.25, -0.2) is 0 Å². The molecule has 1 aromatic rings. The molecule has 0 saturated heterocycles. The van der Waals surface area contributed by atoms with Gasteiger partial charge in [-0.3, -0.25) is 0 Å². The molecule has 0 aromatic heterocycles. The van der Waals surface area contributed by atoms with Gasteiger partial charge in [-0.1, -0.05) is 6.07 Å². The molecule has 0 heterocycles. The molecule has 0 bridgehead atoms. The first-order chi connectivity index (χ1) is 5.84. The SMILES string of the molecule is Cc1ccc(Br)c(O)c1C(C)(C)N. The average molecular weight is 244 g/mol. The van der Waals surface area contributed by atoms with E-state index in [1.54, 1.807) is 0 Å². The number of benzene rings is 1. The minimum Gasteiger partial charge on any atom is -0.506 e. The van der Waals surface area contributed by atoms with Crippen LogP contribution >= 0.6 is 15.9 Å². The van der Waals surface area contributed by atoms with Gasteiger partial charge < -0.3 is 10.8 Å². The number of halogens is 1. The predicted molar refractivity (Wildman–Crippen MR) is 57.8 cm³/mol. The van der Waals surface area contributed by atoms with E-state index in [1.807, 2.05) is 32.9 Å². The van der Waals surface area contributed by atoms with Crippen LogP contribution in [0.3, 0.4) is 0 Å². The molecular formula is C10H14BrNO. The van der Waals surface area contributed by atoms with Crippen LogP contribution in [-0.2, 0) is 5.54 Å². The van der Waals surface area contributed by atoms with Gasteiger partial charge in [-0.15, -0.1) is 0 Å². The summed E-state index contributed by atoms with van der Waals surface area (Å²) in [7, 11) is 0. The van der Waals surface area contributed by atoms with E-state index < -0.39 is 5.54 Å². The Bertz CT molecular complexity index is 328. The fourth-order valence-corrected chi connectivity index (χ4v) is 1.81. The minimum absolute atomic E-state index is 0.243. The zero-order valence-electron chi connectivity index (χ0n) is 8.06. The molecule has 3 N–H and O–H groups in total. The Labute approximate surface area is 86.9 Å². The first kappa shape index (κ1) is 10.5. The van der Waals surface area contributed by atoms with Crippen LogP contribution in [0.5, 0.6) is 5.75 Å². The summed E-state index contributed by atoms with van der Waals surface area (Å²) < 4.78 is 0.687. The molecule has 1 aromatic carbocycles. The summed E-state index contributed by atoms with van der Waals surface area (Å²) in [6.45, 7) is 5.69. The van der Waals surface area contributed by atoms with Gasteiger partial charge in [0, 0.05) is 11.1 Å². The molecule has 0 aliphatic heterocycles. The summed E-state index contributed by atoms with van der Waals surface area (Å²) in [5.74, 6) is 0.243. The van der Waals surface area contributed by atoms with Gasteiger partial charge in [-0.05, 0) is 48.3 Å². The van der Waals surface area contributed by atoms with Crippen LogP contribution in [0.2, 0.25) is 0 Å². The molecule has 0 atom stereocenters. The third kappa shape index (κ3) is 2.03. The zero-order valence-corrected chi connectivity index (χ0v) is 9.64. The molecule has 0 aliphatic rings. The highest BCUT2D eigenvalue weighted by atomic mass is 79.9. The van der Waals surface area contributed by atoms with Crippen LogP contribution < -0.4 is 5.73 Å². The number of phenols is 1. The summed E-state index contributed by atoms with van der Waals surface area (Å²) in [6, 6.07) is 3.76. The second kappa shape index (κ2) is 3.31. The Morgan fingerprint density at radius 1 is 1.38 bits per heavy atom. The molecular weight excluding hydrogens is 230 g/mol. The van der Waals surface area contributed by atoms with Crippen molar-refractivity contribution in [3.05, 3.63) is 27.7 Å². The van der Waals surface area contributed by atoms with E-state index in [-0.39, 0.29) is 5.75 Å². The molecule has 0 fully saturated rings. The maximum atomic E-state index is 9.79. The largest absolute Gasteiger partial charge is 0.506 e. The van der Waals surface area contributed by atoms with Crippen molar-refractivity contribution >= 4 is 15.9 Å². The summed E-state index contributed by atoms with van der Waals surface area (Å²) >= 11 is 3.27. The third-order valence-corrected chi connectivity index (χ3v) is 2.62. The van der Waals surface area contributed by atoms with E-state index in [4.69, 9.17) is 5.73 Å². The van der Waals surface area contributed by atoms with E-state index in [1.165, 1.54) is 0 Å². The first-order valence-corrected chi connectivity index (χ1v) is 4.90. The molecule has 0 saturated carbocycles. The Kier molecular flexibility index (Phi) is 2.68.